The number of thiazole rings is 1. The normalized spacial score (nSPS) is 11.8. The highest BCUT2D eigenvalue weighted by Gasteiger charge is 2.31. The van der Waals surface area contributed by atoms with Crippen LogP contribution in [0.3, 0.4) is 0 Å². The Kier molecular flexibility index (Phi) is 3.50. The maximum absolute atomic E-state index is 11.4. The van der Waals surface area contributed by atoms with Crippen molar-refractivity contribution in [1.82, 2.24) is 4.98 Å². The number of alkyl halides is 3. The van der Waals surface area contributed by atoms with Gasteiger partial charge in [-0.3, -0.25) is 10.1 Å². The molecular weight excluding hydrogens is 303 g/mol. The quantitative estimate of drug-likeness (QED) is 0.811. The van der Waals surface area contributed by atoms with Crippen LogP contribution in [0, 0.1) is 6.92 Å². The highest BCUT2D eigenvalue weighted by molar-refractivity contribution is 7.22. The summed E-state index contributed by atoms with van der Waals surface area (Å²) < 4.78 is -1.00. The lowest BCUT2D eigenvalue weighted by Crippen LogP contribution is -2.26. The Bertz CT molecular complexity index is 576. The van der Waals surface area contributed by atoms with Gasteiger partial charge in [0.05, 0.1) is 10.2 Å². The van der Waals surface area contributed by atoms with Crippen molar-refractivity contribution in [3.8, 4) is 0 Å². The average Bonchev–Trinajstić information content (AvgIpc) is 2.57. The van der Waals surface area contributed by atoms with Gasteiger partial charge in [-0.15, -0.1) is 0 Å². The van der Waals surface area contributed by atoms with Gasteiger partial charge in [-0.1, -0.05) is 52.2 Å². The van der Waals surface area contributed by atoms with Gasteiger partial charge in [0.2, 0.25) is 0 Å². The fourth-order valence-electron chi connectivity index (χ4n) is 1.25. The van der Waals surface area contributed by atoms with E-state index in [9.17, 15) is 4.79 Å². The lowest BCUT2D eigenvalue weighted by Gasteiger charge is -2.08. The highest BCUT2D eigenvalue weighted by atomic mass is 35.6. The molecule has 7 heteroatoms. The number of nitrogens with one attached hydrogen (secondary N) is 1. The standard InChI is InChI=1S/C10H7Cl3N2OS/c1-5-2-3-6-7(4-5)17-9(14-6)15-8(16)10(11,12)13/h2-4H,1H3,(H,14,15,16). The number of aryl methyl sites for hydroxylation is 1. The van der Waals surface area contributed by atoms with E-state index >= 15 is 0 Å². The molecule has 17 heavy (non-hydrogen) atoms. The van der Waals surface area contributed by atoms with Crippen LogP contribution in [0.15, 0.2) is 18.2 Å². The van der Waals surface area contributed by atoms with Gasteiger partial charge >= 0.3 is 0 Å². The van der Waals surface area contributed by atoms with Crippen molar-refractivity contribution in [1.29, 1.82) is 0 Å². The molecule has 1 aromatic carbocycles. The molecule has 1 heterocycles. The summed E-state index contributed by atoms with van der Waals surface area (Å²) in [5.74, 6) is -0.710. The molecule has 0 atom stereocenters. The third kappa shape index (κ3) is 3.01. The number of fused-ring (bicyclic) bond motifs is 1. The number of carbonyl (C=O) groups is 1. The Labute approximate surface area is 117 Å². The van der Waals surface area contributed by atoms with E-state index in [1.807, 2.05) is 25.1 Å². The monoisotopic (exact) mass is 308 g/mol. The summed E-state index contributed by atoms with van der Waals surface area (Å²) in [5.41, 5.74) is 1.93. The van der Waals surface area contributed by atoms with E-state index in [-0.39, 0.29) is 0 Å². The van der Waals surface area contributed by atoms with Gasteiger partial charge in [0, 0.05) is 0 Å². The second kappa shape index (κ2) is 4.61. The van der Waals surface area contributed by atoms with Crippen LogP contribution in [0.2, 0.25) is 0 Å². The van der Waals surface area contributed by atoms with Crippen LogP contribution in [0.4, 0.5) is 5.13 Å². The number of aromatic nitrogens is 1. The first-order valence-electron chi connectivity index (χ1n) is 4.61. The number of rotatable bonds is 1. The smallest absolute Gasteiger partial charge is 0.278 e. The maximum atomic E-state index is 11.4. The maximum Gasteiger partial charge on any atom is 0.278 e. The molecule has 0 bridgehead atoms. The summed E-state index contributed by atoms with van der Waals surface area (Å²) in [6, 6.07) is 5.81. The van der Waals surface area contributed by atoms with E-state index < -0.39 is 9.70 Å². The molecule has 0 spiro atoms. The van der Waals surface area contributed by atoms with E-state index in [4.69, 9.17) is 34.8 Å². The minimum absolute atomic E-state index is 0.418. The molecule has 3 nitrogen and oxygen atoms in total. The largest absolute Gasteiger partial charge is 0.298 e. The SMILES string of the molecule is Cc1ccc2nc(NC(=O)C(Cl)(Cl)Cl)sc2c1. The van der Waals surface area contributed by atoms with Crippen LogP contribution in [-0.2, 0) is 4.79 Å². The number of nitrogens with zero attached hydrogens (tertiary/aromatic N) is 1. The molecule has 2 aromatic rings. The molecule has 0 fully saturated rings. The number of hydrogen-bond acceptors (Lipinski definition) is 3. The van der Waals surface area contributed by atoms with E-state index in [0.29, 0.717) is 5.13 Å². The molecule has 0 unspecified atom stereocenters. The predicted molar refractivity (Wildman–Crippen MR) is 73.3 cm³/mol. The predicted octanol–water partition coefficient (Wildman–Crippen LogP) is 3.91. The molecule has 0 radical (unpaired) electrons. The van der Waals surface area contributed by atoms with E-state index in [2.05, 4.69) is 10.3 Å². The lowest BCUT2D eigenvalue weighted by molar-refractivity contribution is -0.115. The minimum atomic E-state index is -1.98. The van der Waals surface area contributed by atoms with Crippen molar-refractivity contribution < 1.29 is 4.79 Å². The Balaban J connectivity index is 2.29. The van der Waals surface area contributed by atoms with Crippen molar-refractivity contribution in [2.24, 2.45) is 0 Å². The number of hydrogen-bond donors (Lipinski definition) is 1. The zero-order chi connectivity index (χ0) is 12.6. The Morgan fingerprint density at radius 2 is 2.12 bits per heavy atom. The van der Waals surface area contributed by atoms with Gasteiger partial charge in [0.1, 0.15) is 0 Å². The topological polar surface area (TPSA) is 42.0 Å². The van der Waals surface area contributed by atoms with Gasteiger partial charge in [0.15, 0.2) is 5.13 Å². The third-order valence-electron chi connectivity index (χ3n) is 2.02. The number of anilines is 1. The molecule has 0 saturated heterocycles. The van der Waals surface area contributed by atoms with Gasteiger partial charge < -0.3 is 0 Å². The fourth-order valence-corrected chi connectivity index (χ4v) is 2.35. The van der Waals surface area contributed by atoms with E-state index in [0.717, 1.165) is 15.8 Å². The zero-order valence-corrected chi connectivity index (χ0v) is 11.7. The summed E-state index contributed by atoms with van der Waals surface area (Å²) in [7, 11) is 0. The molecule has 0 aliphatic carbocycles. The van der Waals surface area contributed by atoms with E-state index in [1.54, 1.807) is 0 Å². The molecule has 0 aliphatic rings. The fraction of sp³-hybridized carbons (Fsp3) is 0.200. The zero-order valence-electron chi connectivity index (χ0n) is 8.63. The first kappa shape index (κ1) is 12.9. The summed E-state index contributed by atoms with van der Waals surface area (Å²) in [6.07, 6.45) is 0. The summed E-state index contributed by atoms with van der Waals surface area (Å²) >= 11 is 17.7. The Hall–Kier alpha value is -0.550. The van der Waals surface area contributed by atoms with Gasteiger partial charge in [-0.05, 0) is 24.6 Å². The van der Waals surface area contributed by atoms with Crippen molar-refractivity contribution in [2.75, 3.05) is 5.32 Å². The molecule has 90 valence electrons. The number of amides is 1. The minimum Gasteiger partial charge on any atom is -0.298 e. The van der Waals surface area contributed by atoms with Gasteiger partial charge in [-0.2, -0.15) is 0 Å². The second-order valence-corrected chi connectivity index (χ2v) is 6.75. The third-order valence-corrected chi connectivity index (χ3v) is 3.47. The van der Waals surface area contributed by atoms with Gasteiger partial charge in [-0.25, -0.2) is 4.98 Å². The van der Waals surface area contributed by atoms with Crippen molar-refractivity contribution in [3.63, 3.8) is 0 Å². The molecule has 1 N–H and O–H groups in total. The molecule has 0 aliphatic heterocycles. The van der Waals surface area contributed by atoms with E-state index in [1.165, 1.54) is 11.3 Å². The molecule has 0 saturated carbocycles. The van der Waals surface area contributed by atoms with Crippen molar-refractivity contribution >= 4 is 67.4 Å². The Morgan fingerprint density at radius 3 is 2.76 bits per heavy atom. The molecule has 1 aromatic heterocycles. The first-order valence-corrected chi connectivity index (χ1v) is 6.56. The summed E-state index contributed by atoms with van der Waals surface area (Å²) in [6.45, 7) is 1.98. The number of benzene rings is 1. The number of carbonyl (C=O) groups excluding carboxylic acids is 1. The van der Waals surface area contributed by atoms with Crippen molar-refractivity contribution in [3.05, 3.63) is 23.8 Å². The van der Waals surface area contributed by atoms with Crippen LogP contribution >= 0.6 is 46.1 Å². The van der Waals surface area contributed by atoms with Crippen LogP contribution in [0.1, 0.15) is 5.56 Å². The molecule has 2 rings (SSSR count). The second-order valence-electron chi connectivity index (χ2n) is 3.44. The lowest BCUT2D eigenvalue weighted by atomic mass is 10.2. The molecular formula is C10H7Cl3N2OS. The highest BCUT2D eigenvalue weighted by Crippen LogP contribution is 2.31. The van der Waals surface area contributed by atoms with Crippen LogP contribution in [0.25, 0.3) is 10.2 Å². The first-order chi connectivity index (χ1) is 7.86. The molecule has 1 amide bonds. The summed E-state index contributed by atoms with van der Waals surface area (Å²) in [4.78, 5) is 15.7. The van der Waals surface area contributed by atoms with Crippen molar-refractivity contribution in [2.45, 2.75) is 10.7 Å². The van der Waals surface area contributed by atoms with Crippen LogP contribution in [-0.4, -0.2) is 14.7 Å². The van der Waals surface area contributed by atoms with Crippen LogP contribution < -0.4 is 5.32 Å². The van der Waals surface area contributed by atoms with Crippen LogP contribution in [0.5, 0.6) is 0 Å². The average molecular weight is 310 g/mol. The Morgan fingerprint density at radius 1 is 1.41 bits per heavy atom. The van der Waals surface area contributed by atoms with Gasteiger partial charge in [0.25, 0.3) is 9.70 Å². The number of halogens is 3. The summed E-state index contributed by atoms with van der Waals surface area (Å²) in [5, 5.41) is 2.88.